The zero-order valence-electron chi connectivity index (χ0n) is 10.5. The summed E-state index contributed by atoms with van der Waals surface area (Å²) in [7, 11) is 0. The molecule has 0 radical (unpaired) electrons. The lowest BCUT2D eigenvalue weighted by Crippen LogP contribution is -2.15. The Hall–Kier alpha value is -1.84. The standard InChI is InChI=1S/C14H16O4/c1-8-5-10(6-11(9(8)2)13(17)18)14(3-4-14)7-12(15)16/h5-6H,3-4,7H2,1-2H3,(H,15,16)(H,17,18). The Bertz CT molecular complexity index is 527. The van der Waals surface area contributed by atoms with E-state index < -0.39 is 11.9 Å². The van der Waals surface area contributed by atoms with Gasteiger partial charge in [-0.3, -0.25) is 4.79 Å². The fraction of sp³-hybridized carbons (Fsp3) is 0.429. The Morgan fingerprint density at radius 3 is 2.28 bits per heavy atom. The number of carbonyl (C=O) groups is 2. The van der Waals surface area contributed by atoms with Gasteiger partial charge in [-0.15, -0.1) is 0 Å². The van der Waals surface area contributed by atoms with Crippen molar-refractivity contribution in [2.45, 2.75) is 38.5 Å². The first-order valence-electron chi connectivity index (χ1n) is 5.92. The van der Waals surface area contributed by atoms with E-state index in [0.29, 0.717) is 0 Å². The molecule has 0 spiro atoms. The van der Waals surface area contributed by atoms with E-state index in [1.165, 1.54) is 0 Å². The van der Waals surface area contributed by atoms with Crippen LogP contribution in [0, 0.1) is 13.8 Å². The minimum absolute atomic E-state index is 0.0779. The van der Waals surface area contributed by atoms with E-state index in [0.717, 1.165) is 29.5 Å². The minimum Gasteiger partial charge on any atom is -0.481 e. The van der Waals surface area contributed by atoms with Crippen molar-refractivity contribution < 1.29 is 19.8 Å². The predicted octanol–water partition coefficient (Wildman–Crippen LogP) is 2.51. The second kappa shape index (κ2) is 4.12. The number of benzene rings is 1. The number of carboxylic acids is 2. The Labute approximate surface area is 105 Å². The van der Waals surface area contributed by atoms with E-state index in [4.69, 9.17) is 10.2 Å². The van der Waals surface area contributed by atoms with Gasteiger partial charge in [-0.1, -0.05) is 6.07 Å². The van der Waals surface area contributed by atoms with E-state index in [1.54, 1.807) is 13.0 Å². The van der Waals surface area contributed by atoms with Crippen LogP contribution in [-0.4, -0.2) is 22.2 Å². The molecule has 2 rings (SSSR count). The maximum atomic E-state index is 11.2. The third kappa shape index (κ3) is 2.10. The summed E-state index contributed by atoms with van der Waals surface area (Å²) in [6.45, 7) is 3.64. The van der Waals surface area contributed by atoms with Crippen LogP contribution in [0.5, 0.6) is 0 Å². The number of hydrogen-bond acceptors (Lipinski definition) is 2. The normalized spacial score (nSPS) is 16.3. The SMILES string of the molecule is Cc1cc(C2(CC(=O)O)CC2)cc(C(=O)O)c1C. The van der Waals surface area contributed by atoms with Gasteiger partial charge in [-0.25, -0.2) is 4.79 Å². The molecule has 0 unspecified atom stereocenters. The van der Waals surface area contributed by atoms with Gasteiger partial charge in [0.25, 0.3) is 0 Å². The van der Waals surface area contributed by atoms with Crippen molar-refractivity contribution in [3.8, 4) is 0 Å². The topological polar surface area (TPSA) is 74.6 Å². The lowest BCUT2D eigenvalue weighted by Gasteiger charge is -2.16. The van der Waals surface area contributed by atoms with Crippen molar-refractivity contribution in [1.29, 1.82) is 0 Å². The van der Waals surface area contributed by atoms with E-state index in [2.05, 4.69) is 0 Å². The first-order chi connectivity index (χ1) is 8.35. The van der Waals surface area contributed by atoms with Crippen molar-refractivity contribution in [2.75, 3.05) is 0 Å². The molecule has 1 aliphatic rings. The molecule has 1 aromatic rings. The van der Waals surface area contributed by atoms with E-state index in [1.807, 2.05) is 13.0 Å². The van der Waals surface area contributed by atoms with Crippen molar-refractivity contribution in [3.63, 3.8) is 0 Å². The van der Waals surface area contributed by atoms with Crippen molar-refractivity contribution in [2.24, 2.45) is 0 Å². The summed E-state index contributed by atoms with van der Waals surface area (Å²) in [5.74, 6) is -1.79. The molecular weight excluding hydrogens is 232 g/mol. The number of hydrogen-bond donors (Lipinski definition) is 2. The molecule has 18 heavy (non-hydrogen) atoms. The van der Waals surface area contributed by atoms with E-state index in [9.17, 15) is 9.59 Å². The summed E-state index contributed by atoms with van der Waals surface area (Å²) in [5, 5.41) is 18.1. The summed E-state index contributed by atoms with van der Waals surface area (Å²) in [5.41, 5.74) is 2.44. The molecule has 0 heterocycles. The lowest BCUT2D eigenvalue weighted by molar-refractivity contribution is -0.137. The van der Waals surface area contributed by atoms with Crippen molar-refractivity contribution in [3.05, 3.63) is 34.4 Å². The molecule has 1 saturated carbocycles. The molecule has 1 aliphatic carbocycles. The second-order valence-corrected chi connectivity index (χ2v) is 5.12. The fourth-order valence-electron chi connectivity index (χ4n) is 2.40. The average molecular weight is 248 g/mol. The van der Waals surface area contributed by atoms with E-state index in [-0.39, 0.29) is 17.4 Å². The summed E-state index contributed by atoms with van der Waals surface area (Å²) in [4.78, 5) is 22.1. The van der Waals surface area contributed by atoms with Gasteiger partial charge in [0.05, 0.1) is 12.0 Å². The highest BCUT2D eigenvalue weighted by Crippen LogP contribution is 2.51. The molecule has 0 aliphatic heterocycles. The van der Waals surface area contributed by atoms with Gasteiger partial charge in [-0.05, 0) is 49.4 Å². The molecule has 4 heteroatoms. The molecule has 0 atom stereocenters. The zero-order chi connectivity index (χ0) is 13.5. The number of aryl methyl sites for hydroxylation is 1. The van der Waals surface area contributed by atoms with Gasteiger partial charge in [0.15, 0.2) is 0 Å². The van der Waals surface area contributed by atoms with Crippen molar-refractivity contribution in [1.82, 2.24) is 0 Å². The van der Waals surface area contributed by atoms with Gasteiger partial charge in [-0.2, -0.15) is 0 Å². The van der Waals surface area contributed by atoms with Gasteiger partial charge in [0, 0.05) is 5.41 Å². The second-order valence-electron chi connectivity index (χ2n) is 5.12. The number of aromatic carboxylic acids is 1. The minimum atomic E-state index is -0.955. The third-order valence-corrected chi connectivity index (χ3v) is 3.85. The maximum Gasteiger partial charge on any atom is 0.335 e. The molecule has 0 aromatic heterocycles. The van der Waals surface area contributed by atoms with Crippen LogP contribution in [0.1, 0.15) is 46.3 Å². The zero-order valence-corrected chi connectivity index (χ0v) is 10.5. The predicted molar refractivity (Wildman–Crippen MR) is 66.0 cm³/mol. The molecule has 1 aromatic carbocycles. The molecule has 96 valence electrons. The van der Waals surface area contributed by atoms with Gasteiger partial charge >= 0.3 is 11.9 Å². The highest BCUT2D eigenvalue weighted by Gasteiger charge is 2.46. The van der Waals surface area contributed by atoms with E-state index >= 15 is 0 Å². The number of aliphatic carboxylic acids is 1. The summed E-state index contributed by atoms with van der Waals surface area (Å²) >= 11 is 0. The highest BCUT2D eigenvalue weighted by molar-refractivity contribution is 5.90. The first kappa shape index (κ1) is 12.6. The fourth-order valence-corrected chi connectivity index (χ4v) is 2.40. The average Bonchev–Trinajstić information content (AvgIpc) is 3.01. The van der Waals surface area contributed by atoms with Crippen LogP contribution in [0.2, 0.25) is 0 Å². The van der Waals surface area contributed by atoms with Crippen LogP contribution >= 0.6 is 0 Å². The van der Waals surface area contributed by atoms with Crippen LogP contribution in [0.4, 0.5) is 0 Å². The van der Waals surface area contributed by atoms with Crippen molar-refractivity contribution >= 4 is 11.9 Å². The van der Waals surface area contributed by atoms with Crippen LogP contribution in [0.15, 0.2) is 12.1 Å². The Balaban J connectivity index is 2.47. The number of rotatable bonds is 4. The molecule has 2 N–H and O–H groups in total. The summed E-state index contributed by atoms with van der Waals surface area (Å²) in [6, 6.07) is 3.57. The summed E-state index contributed by atoms with van der Waals surface area (Å²) in [6.07, 6.45) is 1.72. The Morgan fingerprint density at radius 1 is 1.22 bits per heavy atom. The molecular formula is C14H16O4. The van der Waals surface area contributed by atoms with Crippen LogP contribution < -0.4 is 0 Å². The van der Waals surface area contributed by atoms with Crippen LogP contribution in [-0.2, 0) is 10.2 Å². The van der Waals surface area contributed by atoms with Crippen LogP contribution in [0.25, 0.3) is 0 Å². The largest absolute Gasteiger partial charge is 0.481 e. The molecule has 1 fully saturated rings. The molecule has 0 bridgehead atoms. The lowest BCUT2D eigenvalue weighted by atomic mass is 9.88. The Morgan fingerprint density at radius 2 is 1.83 bits per heavy atom. The smallest absolute Gasteiger partial charge is 0.335 e. The number of carboxylic acid groups (broad SMARTS) is 2. The molecule has 0 saturated heterocycles. The Kier molecular flexibility index (Phi) is 2.89. The van der Waals surface area contributed by atoms with Crippen LogP contribution in [0.3, 0.4) is 0 Å². The van der Waals surface area contributed by atoms with Gasteiger partial charge < -0.3 is 10.2 Å². The maximum absolute atomic E-state index is 11.2. The first-order valence-corrected chi connectivity index (χ1v) is 5.92. The summed E-state index contributed by atoms with van der Waals surface area (Å²) < 4.78 is 0. The van der Waals surface area contributed by atoms with Gasteiger partial charge in [0.2, 0.25) is 0 Å². The highest BCUT2D eigenvalue weighted by atomic mass is 16.4. The molecule has 0 amide bonds. The van der Waals surface area contributed by atoms with Gasteiger partial charge in [0.1, 0.15) is 0 Å². The third-order valence-electron chi connectivity index (χ3n) is 3.85. The quantitative estimate of drug-likeness (QED) is 0.858. The molecule has 4 nitrogen and oxygen atoms in total. The monoisotopic (exact) mass is 248 g/mol.